The van der Waals surface area contributed by atoms with Gasteiger partial charge in [0.2, 0.25) is 0 Å². The number of aromatic nitrogens is 1. The highest BCUT2D eigenvalue weighted by atomic mass is 16.2. The first-order chi connectivity index (χ1) is 9.15. The molecule has 2 aliphatic heterocycles. The summed E-state index contributed by atoms with van der Waals surface area (Å²) >= 11 is 0. The van der Waals surface area contributed by atoms with Crippen LogP contribution in [-0.4, -0.2) is 41.0 Å². The molecule has 0 radical (unpaired) electrons. The highest BCUT2D eigenvalue weighted by molar-refractivity contribution is 5.95. The summed E-state index contributed by atoms with van der Waals surface area (Å²) in [6.45, 7) is 1.90. The maximum absolute atomic E-state index is 12.6. The van der Waals surface area contributed by atoms with Gasteiger partial charge in [-0.25, -0.2) is 0 Å². The third-order valence-electron chi connectivity index (χ3n) is 4.55. The minimum atomic E-state index is 0.108. The topological polar surface area (TPSA) is 45.2 Å². The summed E-state index contributed by atoms with van der Waals surface area (Å²) in [5.74, 6) is 0.108. The van der Waals surface area contributed by atoms with E-state index in [1.54, 1.807) is 6.20 Å². The summed E-state index contributed by atoms with van der Waals surface area (Å²) in [6, 6.07) is 5.28. The van der Waals surface area contributed by atoms with E-state index in [1.165, 1.54) is 12.8 Å². The van der Waals surface area contributed by atoms with Gasteiger partial charge in [0.15, 0.2) is 0 Å². The van der Waals surface area contributed by atoms with Crippen molar-refractivity contribution in [3.05, 3.63) is 29.6 Å². The minimum absolute atomic E-state index is 0.108. The zero-order valence-corrected chi connectivity index (χ0v) is 11.6. The van der Waals surface area contributed by atoms with E-state index < -0.39 is 0 Å². The second kappa shape index (κ2) is 4.93. The number of nitrogens with one attached hydrogen (secondary N) is 1. The molecule has 2 aliphatic rings. The van der Waals surface area contributed by atoms with Crippen molar-refractivity contribution in [2.24, 2.45) is 0 Å². The van der Waals surface area contributed by atoms with E-state index in [1.807, 2.05) is 31.0 Å². The fourth-order valence-electron chi connectivity index (χ4n) is 3.41. The van der Waals surface area contributed by atoms with Gasteiger partial charge in [-0.3, -0.25) is 9.78 Å². The summed E-state index contributed by atoms with van der Waals surface area (Å²) < 4.78 is 0. The third-order valence-corrected chi connectivity index (χ3v) is 4.55. The van der Waals surface area contributed by atoms with Gasteiger partial charge in [-0.2, -0.15) is 0 Å². The average molecular weight is 259 g/mol. The molecular formula is C15H21N3O. The highest BCUT2D eigenvalue weighted by Gasteiger charge is 2.36. The number of carbonyl (C=O) groups excluding carboxylic acids is 1. The number of piperidine rings is 1. The molecule has 3 heterocycles. The standard InChI is InChI=1S/C15H21N3O/c1-10-14(4-3-7-16-10)15(19)18(2)13-8-11-5-6-12(9-13)17-11/h3-4,7,11-13,17H,5-6,8-9H2,1-2H3. The van der Waals surface area contributed by atoms with Crippen LogP contribution in [0.25, 0.3) is 0 Å². The van der Waals surface area contributed by atoms with E-state index in [0.29, 0.717) is 18.1 Å². The van der Waals surface area contributed by atoms with Gasteiger partial charge in [0.25, 0.3) is 5.91 Å². The van der Waals surface area contributed by atoms with E-state index in [4.69, 9.17) is 0 Å². The lowest BCUT2D eigenvalue weighted by Crippen LogP contribution is -2.48. The molecule has 0 aromatic carbocycles. The van der Waals surface area contributed by atoms with Crippen molar-refractivity contribution in [1.29, 1.82) is 0 Å². The van der Waals surface area contributed by atoms with E-state index >= 15 is 0 Å². The van der Waals surface area contributed by atoms with Crippen LogP contribution in [0.2, 0.25) is 0 Å². The van der Waals surface area contributed by atoms with Crippen molar-refractivity contribution in [1.82, 2.24) is 15.2 Å². The van der Waals surface area contributed by atoms with Crippen molar-refractivity contribution in [3.8, 4) is 0 Å². The molecule has 19 heavy (non-hydrogen) atoms. The van der Waals surface area contributed by atoms with Crippen molar-refractivity contribution in [3.63, 3.8) is 0 Å². The molecule has 2 fully saturated rings. The fourth-order valence-corrected chi connectivity index (χ4v) is 3.41. The quantitative estimate of drug-likeness (QED) is 0.880. The van der Waals surface area contributed by atoms with Crippen LogP contribution in [0.5, 0.6) is 0 Å². The van der Waals surface area contributed by atoms with Gasteiger partial charge in [0.1, 0.15) is 0 Å². The molecule has 2 atom stereocenters. The van der Waals surface area contributed by atoms with Crippen molar-refractivity contribution < 1.29 is 4.79 Å². The number of carbonyl (C=O) groups is 1. The number of aryl methyl sites for hydroxylation is 1. The summed E-state index contributed by atoms with van der Waals surface area (Å²) in [6.07, 6.45) is 6.41. The minimum Gasteiger partial charge on any atom is -0.339 e. The van der Waals surface area contributed by atoms with Gasteiger partial charge in [-0.05, 0) is 44.7 Å². The largest absolute Gasteiger partial charge is 0.339 e. The summed E-state index contributed by atoms with van der Waals surface area (Å²) in [5, 5.41) is 3.61. The number of nitrogens with zero attached hydrogens (tertiary/aromatic N) is 2. The Bertz CT molecular complexity index is 476. The molecular weight excluding hydrogens is 238 g/mol. The summed E-state index contributed by atoms with van der Waals surface area (Å²) in [4.78, 5) is 18.7. The molecule has 102 valence electrons. The molecule has 1 amide bonds. The average Bonchev–Trinajstić information content (AvgIpc) is 2.76. The number of hydrogen-bond donors (Lipinski definition) is 1. The predicted molar refractivity (Wildman–Crippen MR) is 74.0 cm³/mol. The number of pyridine rings is 1. The van der Waals surface area contributed by atoms with Gasteiger partial charge in [0.05, 0.1) is 5.56 Å². The zero-order chi connectivity index (χ0) is 13.4. The van der Waals surface area contributed by atoms with Crippen LogP contribution in [0.3, 0.4) is 0 Å². The Kier molecular flexibility index (Phi) is 3.27. The van der Waals surface area contributed by atoms with E-state index in [9.17, 15) is 4.79 Å². The van der Waals surface area contributed by atoms with Gasteiger partial charge < -0.3 is 10.2 Å². The zero-order valence-electron chi connectivity index (χ0n) is 11.6. The molecule has 2 saturated heterocycles. The van der Waals surface area contributed by atoms with Crippen LogP contribution in [0.15, 0.2) is 18.3 Å². The Balaban J connectivity index is 1.75. The SMILES string of the molecule is Cc1ncccc1C(=O)N(C)C1CC2CCC(C1)N2. The fraction of sp³-hybridized carbons (Fsp3) is 0.600. The Morgan fingerprint density at radius 1 is 1.37 bits per heavy atom. The first kappa shape index (κ1) is 12.6. The Hall–Kier alpha value is -1.42. The summed E-state index contributed by atoms with van der Waals surface area (Å²) in [5.41, 5.74) is 1.55. The molecule has 1 N–H and O–H groups in total. The second-order valence-corrected chi connectivity index (χ2v) is 5.82. The van der Waals surface area contributed by atoms with Gasteiger partial charge in [-0.15, -0.1) is 0 Å². The first-order valence-corrected chi connectivity index (χ1v) is 7.10. The van der Waals surface area contributed by atoms with Gasteiger partial charge >= 0.3 is 0 Å². The van der Waals surface area contributed by atoms with E-state index in [-0.39, 0.29) is 5.91 Å². The molecule has 0 aliphatic carbocycles. The highest BCUT2D eigenvalue weighted by Crippen LogP contribution is 2.29. The lowest BCUT2D eigenvalue weighted by atomic mass is 9.98. The predicted octanol–water partition coefficient (Wildman–Crippen LogP) is 1.75. The molecule has 2 bridgehead atoms. The lowest BCUT2D eigenvalue weighted by molar-refractivity contribution is 0.0680. The smallest absolute Gasteiger partial charge is 0.255 e. The van der Waals surface area contributed by atoms with Crippen LogP contribution >= 0.6 is 0 Å². The van der Waals surface area contributed by atoms with Crippen LogP contribution in [-0.2, 0) is 0 Å². The lowest BCUT2D eigenvalue weighted by Gasteiger charge is -2.35. The van der Waals surface area contributed by atoms with Crippen LogP contribution in [0.1, 0.15) is 41.7 Å². The molecule has 2 unspecified atom stereocenters. The molecule has 1 aromatic heterocycles. The van der Waals surface area contributed by atoms with Gasteiger partial charge in [0, 0.05) is 37.1 Å². The monoisotopic (exact) mass is 259 g/mol. The Labute approximate surface area is 114 Å². The molecule has 4 heteroatoms. The normalized spacial score (nSPS) is 29.3. The molecule has 4 nitrogen and oxygen atoms in total. The van der Waals surface area contributed by atoms with E-state index in [0.717, 1.165) is 24.1 Å². The molecule has 1 aromatic rings. The summed E-state index contributed by atoms with van der Waals surface area (Å²) in [7, 11) is 1.93. The maximum atomic E-state index is 12.6. The maximum Gasteiger partial charge on any atom is 0.255 e. The van der Waals surface area contributed by atoms with Crippen molar-refractivity contribution >= 4 is 5.91 Å². The Morgan fingerprint density at radius 2 is 2.05 bits per heavy atom. The van der Waals surface area contributed by atoms with Crippen LogP contribution in [0.4, 0.5) is 0 Å². The van der Waals surface area contributed by atoms with Crippen molar-refractivity contribution in [2.45, 2.75) is 50.7 Å². The van der Waals surface area contributed by atoms with Crippen LogP contribution in [0, 0.1) is 6.92 Å². The Morgan fingerprint density at radius 3 is 2.68 bits per heavy atom. The number of hydrogen-bond acceptors (Lipinski definition) is 3. The third kappa shape index (κ3) is 2.37. The number of amides is 1. The number of fused-ring (bicyclic) bond motifs is 2. The van der Waals surface area contributed by atoms with Gasteiger partial charge in [-0.1, -0.05) is 0 Å². The molecule has 3 rings (SSSR count). The first-order valence-electron chi connectivity index (χ1n) is 7.10. The van der Waals surface area contributed by atoms with Crippen molar-refractivity contribution in [2.75, 3.05) is 7.05 Å². The molecule has 0 spiro atoms. The molecule has 0 saturated carbocycles. The second-order valence-electron chi connectivity index (χ2n) is 5.82. The van der Waals surface area contributed by atoms with E-state index in [2.05, 4.69) is 10.3 Å². The number of rotatable bonds is 2. The van der Waals surface area contributed by atoms with Crippen LogP contribution < -0.4 is 5.32 Å².